The van der Waals surface area contributed by atoms with Crippen LogP contribution < -0.4 is 0 Å². The summed E-state index contributed by atoms with van der Waals surface area (Å²) in [6.45, 7) is -2.08. The third kappa shape index (κ3) is 7.43. The Hall–Kier alpha value is 0.356. The summed E-state index contributed by atoms with van der Waals surface area (Å²) in [6.07, 6.45) is -4.04. The van der Waals surface area contributed by atoms with Crippen LogP contribution in [-0.4, -0.2) is 55.0 Å². The van der Waals surface area contributed by atoms with Crippen molar-refractivity contribution >= 4 is 33.5 Å². The van der Waals surface area contributed by atoms with Crippen LogP contribution >= 0.6 is 0 Å². The summed E-state index contributed by atoms with van der Waals surface area (Å²) >= 11 is 0. The summed E-state index contributed by atoms with van der Waals surface area (Å²) in [6, 6.07) is 0. The Bertz CT molecular complexity index is 248. The van der Waals surface area contributed by atoms with Gasteiger partial charge in [-0.3, -0.25) is 4.55 Å². The molecule has 0 aliphatic heterocycles. The zero-order chi connectivity index (χ0) is 9.99. The number of hydrogen-bond donors (Lipinski definition) is 1. The van der Waals surface area contributed by atoms with Gasteiger partial charge in [0.25, 0.3) is 0 Å². The summed E-state index contributed by atoms with van der Waals surface area (Å²) < 4.78 is 76.3. The zero-order valence-corrected chi connectivity index (χ0v) is 8.31. The summed E-state index contributed by atoms with van der Waals surface area (Å²) in [7, 11) is -5.10. The molecule has 1 N–H and O–H groups in total. The molecule has 4 nitrogen and oxygen atoms in total. The smallest absolute Gasteiger partial charge is 1.00 e. The van der Waals surface area contributed by atoms with Crippen LogP contribution in [0.2, 0.25) is 0 Å². The van der Waals surface area contributed by atoms with Gasteiger partial charge in [-0.15, -0.1) is 0 Å². The minimum Gasteiger partial charge on any atom is -1.00 e. The first-order chi connectivity index (χ1) is 5.15. The van der Waals surface area contributed by atoms with E-state index in [9.17, 15) is 26.0 Å². The Labute approximate surface area is 90.3 Å². The van der Waals surface area contributed by atoms with Gasteiger partial charge in [0.05, 0.1) is 0 Å². The number of rotatable bonds is 4. The molecule has 0 aromatic carbocycles. The molecule has 10 heteroatoms. The van der Waals surface area contributed by atoms with Gasteiger partial charge in [0.2, 0.25) is 0 Å². The number of hydrogen-bond acceptors (Lipinski definition) is 3. The molecule has 0 saturated heterocycles. The van der Waals surface area contributed by atoms with E-state index in [1.165, 1.54) is 0 Å². The molecule has 13 heavy (non-hydrogen) atoms. The first kappa shape index (κ1) is 15.8. The van der Waals surface area contributed by atoms with E-state index >= 15 is 0 Å². The maximum Gasteiger partial charge on any atom is 2.00 e. The third-order valence-electron chi connectivity index (χ3n) is 0.720. The predicted octanol–water partition coefficient (Wildman–Crippen LogP) is 0.550. The summed E-state index contributed by atoms with van der Waals surface area (Å²) in [5.74, 6) is -4.59. The van der Waals surface area contributed by atoms with Crippen LogP contribution in [0.3, 0.4) is 0 Å². The zero-order valence-electron chi connectivity index (χ0n) is 8.08. The monoisotopic (exact) mass is 238 g/mol. The van der Waals surface area contributed by atoms with E-state index < -0.39 is 29.4 Å². The Morgan fingerprint density at radius 1 is 1.46 bits per heavy atom. The summed E-state index contributed by atoms with van der Waals surface area (Å²) in [4.78, 5) is 0. The van der Waals surface area contributed by atoms with Crippen molar-refractivity contribution in [2.45, 2.75) is 12.3 Å². The minimum absolute atomic E-state index is 0. The van der Waals surface area contributed by atoms with Crippen LogP contribution in [-0.2, 0) is 14.6 Å². The minimum atomic E-state index is -5.10. The van der Waals surface area contributed by atoms with Crippen LogP contribution in [0.4, 0.5) is 17.6 Å². The van der Waals surface area contributed by atoms with E-state index in [4.69, 9.17) is 4.55 Å². The van der Waals surface area contributed by atoms with Gasteiger partial charge in [0, 0.05) is 0 Å². The van der Waals surface area contributed by atoms with E-state index in [0.717, 1.165) is 0 Å². The molecular weight excluding hydrogens is 232 g/mol. The van der Waals surface area contributed by atoms with E-state index in [1.807, 2.05) is 0 Å². The first-order valence-electron chi connectivity index (χ1n) is 2.43. The third-order valence-corrected chi connectivity index (χ3v) is 1.14. The van der Waals surface area contributed by atoms with Crippen molar-refractivity contribution in [1.29, 1.82) is 0 Å². The molecular formula is C3H6F4MgO4S. The average molecular weight is 238 g/mol. The van der Waals surface area contributed by atoms with Crippen LogP contribution in [0.5, 0.6) is 0 Å². The van der Waals surface area contributed by atoms with E-state index in [2.05, 4.69) is 4.18 Å². The van der Waals surface area contributed by atoms with E-state index in [0.29, 0.717) is 0 Å². The van der Waals surface area contributed by atoms with Crippen molar-refractivity contribution in [1.82, 2.24) is 0 Å². The van der Waals surface area contributed by atoms with Gasteiger partial charge in [0.1, 0.15) is 6.61 Å². The fourth-order valence-electron chi connectivity index (χ4n) is 0.216. The maximum absolute atomic E-state index is 11.8. The summed E-state index contributed by atoms with van der Waals surface area (Å²) in [5.41, 5.74) is 0. The van der Waals surface area contributed by atoms with Gasteiger partial charge < -0.3 is 2.85 Å². The molecule has 0 atom stereocenters. The topological polar surface area (TPSA) is 63.6 Å². The van der Waals surface area contributed by atoms with Gasteiger partial charge in [-0.25, -0.2) is 13.0 Å². The predicted molar refractivity (Wildman–Crippen MR) is 36.4 cm³/mol. The molecule has 0 unspecified atom stereocenters. The normalized spacial score (nSPS) is 12.8. The van der Waals surface area contributed by atoms with Gasteiger partial charge in [0.15, 0.2) is 0 Å². The Kier molecular flexibility index (Phi) is 6.43. The fraction of sp³-hybridized carbons (Fsp3) is 1.00. The molecule has 0 radical (unpaired) electrons. The van der Waals surface area contributed by atoms with Crippen molar-refractivity contribution < 1.29 is 37.6 Å². The van der Waals surface area contributed by atoms with Crippen LogP contribution in [0.15, 0.2) is 0 Å². The Morgan fingerprint density at radius 3 is 2.08 bits per heavy atom. The van der Waals surface area contributed by atoms with Crippen molar-refractivity contribution in [2.24, 2.45) is 0 Å². The molecule has 0 aliphatic rings. The molecule has 0 saturated carbocycles. The van der Waals surface area contributed by atoms with Gasteiger partial charge in [-0.1, -0.05) is 0 Å². The Morgan fingerprint density at radius 2 is 1.85 bits per heavy atom. The van der Waals surface area contributed by atoms with Crippen molar-refractivity contribution in [2.75, 3.05) is 6.61 Å². The van der Waals surface area contributed by atoms with Crippen LogP contribution in [0.25, 0.3) is 0 Å². The molecule has 78 valence electrons. The largest absolute Gasteiger partial charge is 2.00 e. The SMILES string of the molecule is O=S(=O)(O)OCC(F)(F)C(F)F.[H-].[H-].[Mg+2]. The maximum atomic E-state index is 11.8. The Balaban J connectivity index is -0.000000202. The molecule has 0 heterocycles. The van der Waals surface area contributed by atoms with Gasteiger partial charge >= 0.3 is 45.8 Å². The number of alkyl halides is 4. The second-order valence-electron chi connectivity index (χ2n) is 1.75. The standard InChI is InChI=1S/C3H4F4O4S.Mg.2H/c4-2(5)3(6,7)1-11-12(8,9)10;;;/h2H,1H2,(H,8,9,10);;;/q;+2;2*-1. The van der Waals surface area contributed by atoms with Crippen molar-refractivity contribution in [3.8, 4) is 0 Å². The van der Waals surface area contributed by atoms with Crippen LogP contribution in [0.1, 0.15) is 2.85 Å². The first-order valence-corrected chi connectivity index (χ1v) is 3.79. The quantitative estimate of drug-likeness (QED) is 0.441. The number of halogens is 4. The fourth-order valence-corrected chi connectivity index (χ4v) is 0.522. The van der Waals surface area contributed by atoms with E-state index in [1.54, 1.807) is 0 Å². The molecule has 0 aliphatic carbocycles. The molecule has 0 fully saturated rings. The molecule has 0 rings (SSSR count). The second-order valence-corrected chi connectivity index (χ2v) is 2.84. The molecule has 0 spiro atoms. The molecule has 0 aromatic heterocycles. The second kappa shape index (κ2) is 5.29. The van der Waals surface area contributed by atoms with Crippen molar-refractivity contribution in [3.05, 3.63) is 0 Å². The van der Waals surface area contributed by atoms with Gasteiger partial charge in [-0.2, -0.15) is 17.2 Å². The van der Waals surface area contributed by atoms with Crippen LogP contribution in [0, 0.1) is 0 Å². The van der Waals surface area contributed by atoms with E-state index in [-0.39, 0.29) is 25.9 Å². The average Bonchev–Trinajstić information content (AvgIpc) is 1.82. The molecule has 0 aromatic rings. The van der Waals surface area contributed by atoms with Gasteiger partial charge in [-0.05, 0) is 0 Å². The summed E-state index contributed by atoms with van der Waals surface area (Å²) in [5, 5.41) is 0. The molecule has 0 bridgehead atoms. The molecule has 0 amide bonds. The van der Waals surface area contributed by atoms with Crippen molar-refractivity contribution in [3.63, 3.8) is 0 Å².